The summed E-state index contributed by atoms with van der Waals surface area (Å²) in [4.78, 5) is 19.7. The maximum Gasteiger partial charge on any atom is 0.376 e. The number of rotatable bonds is 3. The lowest BCUT2D eigenvalue weighted by molar-refractivity contribution is 0.0586. The molecular formula is C13H17N3O2. The minimum atomic E-state index is -0.509. The van der Waals surface area contributed by atoms with Crippen molar-refractivity contribution in [3.8, 4) is 0 Å². The van der Waals surface area contributed by atoms with E-state index >= 15 is 0 Å². The Balaban J connectivity index is 2.14. The molecule has 96 valence electrons. The second-order valence-electron chi connectivity index (χ2n) is 4.34. The summed E-state index contributed by atoms with van der Waals surface area (Å²) in [5.74, 6) is 0.278. The molecule has 0 spiro atoms. The molecule has 1 aliphatic carbocycles. The lowest BCUT2D eigenvalue weighted by atomic mass is 10.0. The summed E-state index contributed by atoms with van der Waals surface area (Å²) in [5.41, 5.74) is 0.749. The van der Waals surface area contributed by atoms with E-state index in [4.69, 9.17) is 0 Å². The van der Waals surface area contributed by atoms with E-state index in [1.807, 2.05) is 13.0 Å². The summed E-state index contributed by atoms with van der Waals surface area (Å²) in [7, 11) is 1.33. The second kappa shape index (κ2) is 5.62. The largest absolute Gasteiger partial charge is 0.463 e. The molecule has 1 unspecified atom stereocenters. The van der Waals surface area contributed by atoms with Crippen molar-refractivity contribution in [1.29, 1.82) is 0 Å². The average Bonchev–Trinajstić information content (AvgIpc) is 2.38. The summed E-state index contributed by atoms with van der Waals surface area (Å²) in [6.07, 6.45) is 7.48. The lowest BCUT2D eigenvalue weighted by Crippen LogP contribution is -2.22. The fraction of sp³-hybridized carbons (Fsp3) is 0.462. The number of ether oxygens (including phenoxy) is 1. The molecule has 2 rings (SSSR count). The van der Waals surface area contributed by atoms with E-state index in [1.54, 1.807) is 0 Å². The summed E-state index contributed by atoms with van der Waals surface area (Å²) < 4.78 is 4.63. The highest BCUT2D eigenvalue weighted by atomic mass is 16.5. The first-order chi connectivity index (χ1) is 8.69. The lowest BCUT2D eigenvalue weighted by Gasteiger charge is -2.20. The molecule has 5 heteroatoms. The van der Waals surface area contributed by atoms with Crippen LogP contribution < -0.4 is 5.32 Å². The molecule has 0 amide bonds. The molecule has 0 radical (unpaired) electrons. The molecule has 1 aromatic rings. The van der Waals surface area contributed by atoms with Crippen molar-refractivity contribution >= 4 is 11.8 Å². The normalized spacial score (nSPS) is 18.4. The van der Waals surface area contributed by atoms with Gasteiger partial charge in [0.2, 0.25) is 5.82 Å². The number of nitrogens with one attached hydrogen (secondary N) is 1. The first-order valence-corrected chi connectivity index (χ1v) is 6.04. The number of carbonyl (C=O) groups excluding carboxylic acids is 1. The standard InChI is InChI=1S/C13H17N3O2/c1-9-8-11(15-10-6-4-3-5-7-10)16-12(14-9)13(17)18-2/h3-4,8,10H,5-7H2,1-2H3,(H,14,15,16). The van der Waals surface area contributed by atoms with Crippen molar-refractivity contribution in [3.05, 3.63) is 29.7 Å². The predicted octanol–water partition coefficient (Wildman–Crippen LogP) is 2.09. The van der Waals surface area contributed by atoms with Crippen LogP contribution in [0.1, 0.15) is 35.6 Å². The van der Waals surface area contributed by atoms with Crippen molar-refractivity contribution in [2.45, 2.75) is 32.2 Å². The Morgan fingerprint density at radius 3 is 2.94 bits per heavy atom. The van der Waals surface area contributed by atoms with Gasteiger partial charge in [-0.1, -0.05) is 12.2 Å². The van der Waals surface area contributed by atoms with Gasteiger partial charge in [-0.25, -0.2) is 14.8 Å². The van der Waals surface area contributed by atoms with Gasteiger partial charge in [0.15, 0.2) is 0 Å². The SMILES string of the molecule is COC(=O)c1nc(C)cc(NC2CC=CCC2)n1. The van der Waals surface area contributed by atoms with Crippen LogP contribution in [0.4, 0.5) is 5.82 Å². The summed E-state index contributed by atoms with van der Waals surface area (Å²) in [6, 6.07) is 2.21. The third kappa shape index (κ3) is 3.06. The van der Waals surface area contributed by atoms with Crippen LogP contribution in [-0.2, 0) is 4.74 Å². The summed E-state index contributed by atoms with van der Waals surface area (Å²) in [5, 5.41) is 3.33. The number of aryl methyl sites for hydroxylation is 1. The van der Waals surface area contributed by atoms with E-state index in [1.165, 1.54) is 7.11 Å². The van der Waals surface area contributed by atoms with Gasteiger partial charge in [0, 0.05) is 17.8 Å². The zero-order chi connectivity index (χ0) is 13.0. The number of nitrogens with zero attached hydrogens (tertiary/aromatic N) is 2. The Hall–Kier alpha value is -1.91. The fourth-order valence-electron chi connectivity index (χ4n) is 1.96. The first kappa shape index (κ1) is 12.5. The molecule has 0 aromatic carbocycles. The minimum absolute atomic E-state index is 0.103. The van der Waals surface area contributed by atoms with Crippen LogP contribution in [0.3, 0.4) is 0 Å². The Bertz CT molecular complexity index is 471. The van der Waals surface area contributed by atoms with Gasteiger partial charge in [-0.3, -0.25) is 0 Å². The Morgan fingerprint density at radius 2 is 2.28 bits per heavy atom. The van der Waals surface area contributed by atoms with Crippen LogP contribution in [0.15, 0.2) is 18.2 Å². The topological polar surface area (TPSA) is 64.1 Å². The van der Waals surface area contributed by atoms with E-state index in [0.717, 1.165) is 25.0 Å². The Kier molecular flexibility index (Phi) is 3.92. The smallest absolute Gasteiger partial charge is 0.376 e. The molecule has 1 atom stereocenters. The second-order valence-corrected chi connectivity index (χ2v) is 4.34. The number of aromatic nitrogens is 2. The highest BCUT2D eigenvalue weighted by Crippen LogP contribution is 2.16. The fourth-order valence-corrected chi connectivity index (χ4v) is 1.96. The van der Waals surface area contributed by atoms with E-state index < -0.39 is 5.97 Å². The summed E-state index contributed by atoms with van der Waals surface area (Å²) >= 11 is 0. The van der Waals surface area contributed by atoms with Gasteiger partial charge in [0.1, 0.15) is 5.82 Å². The number of carbonyl (C=O) groups is 1. The van der Waals surface area contributed by atoms with Gasteiger partial charge in [-0.05, 0) is 26.2 Å². The molecule has 1 heterocycles. The third-order valence-electron chi connectivity index (χ3n) is 2.84. The van der Waals surface area contributed by atoms with Crippen LogP contribution >= 0.6 is 0 Å². The predicted molar refractivity (Wildman–Crippen MR) is 68.5 cm³/mol. The number of hydrogen-bond acceptors (Lipinski definition) is 5. The maximum atomic E-state index is 11.4. The quantitative estimate of drug-likeness (QED) is 0.654. The number of esters is 1. The maximum absolute atomic E-state index is 11.4. The van der Waals surface area contributed by atoms with Gasteiger partial charge in [0.05, 0.1) is 7.11 Å². The van der Waals surface area contributed by atoms with Gasteiger partial charge in [-0.2, -0.15) is 0 Å². The molecular weight excluding hydrogens is 230 g/mol. The molecule has 0 bridgehead atoms. The molecule has 0 aliphatic heterocycles. The van der Waals surface area contributed by atoms with Crippen LogP contribution in [0, 0.1) is 6.92 Å². The Labute approximate surface area is 106 Å². The molecule has 1 aliphatic rings. The number of methoxy groups -OCH3 is 1. The van der Waals surface area contributed by atoms with Crippen LogP contribution in [0.25, 0.3) is 0 Å². The zero-order valence-electron chi connectivity index (χ0n) is 10.6. The van der Waals surface area contributed by atoms with Gasteiger partial charge in [0.25, 0.3) is 0 Å². The van der Waals surface area contributed by atoms with Crippen molar-refractivity contribution < 1.29 is 9.53 Å². The number of hydrogen-bond donors (Lipinski definition) is 1. The van der Waals surface area contributed by atoms with E-state index in [9.17, 15) is 4.79 Å². The van der Waals surface area contributed by atoms with Crippen molar-refractivity contribution in [2.24, 2.45) is 0 Å². The number of allylic oxidation sites excluding steroid dienone is 1. The van der Waals surface area contributed by atoms with Crippen molar-refractivity contribution in [1.82, 2.24) is 9.97 Å². The molecule has 1 N–H and O–H groups in total. The van der Waals surface area contributed by atoms with E-state index in [-0.39, 0.29) is 5.82 Å². The van der Waals surface area contributed by atoms with Crippen LogP contribution in [0.5, 0.6) is 0 Å². The van der Waals surface area contributed by atoms with E-state index in [0.29, 0.717) is 11.9 Å². The molecule has 0 saturated carbocycles. The molecule has 0 fully saturated rings. The van der Waals surface area contributed by atoms with Crippen LogP contribution in [0.2, 0.25) is 0 Å². The Morgan fingerprint density at radius 1 is 1.44 bits per heavy atom. The van der Waals surface area contributed by atoms with Gasteiger partial charge < -0.3 is 10.1 Å². The highest BCUT2D eigenvalue weighted by molar-refractivity contribution is 5.85. The monoisotopic (exact) mass is 247 g/mol. The van der Waals surface area contributed by atoms with Crippen molar-refractivity contribution in [2.75, 3.05) is 12.4 Å². The molecule has 1 aromatic heterocycles. The molecule has 18 heavy (non-hydrogen) atoms. The molecule has 5 nitrogen and oxygen atoms in total. The third-order valence-corrected chi connectivity index (χ3v) is 2.84. The van der Waals surface area contributed by atoms with Gasteiger partial charge in [-0.15, -0.1) is 0 Å². The molecule has 0 saturated heterocycles. The highest BCUT2D eigenvalue weighted by Gasteiger charge is 2.14. The van der Waals surface area contributed by atoms with Gasteiger partial charge >= 0.3 is 5.97 Å². The van der Waals surface area contributed by atoms with Crippen LogP contribution in [-0.4, -0.2) is 29.1 Å². The first-order valence-electron chi connectivity index (χ1n) is 6.04. The van der Waals surface area contributed by atoms with E-state index in [2.05, 4.69) is 32.2 Å². The zero-order valence-corrected chi connectivity index (χ0v) is 10.6. The summed E-state index contributed by atoms with van der Waals surface area (Å²) in [6.45, 7) is 1.83. The number of anilines is 1. The minimum Gasteiger partial charge on any atom is -0.463 e. The average molecular weight is 247 g/mol. The van der Waals surface area contributed by atoms with Crippen molar-refractivity contribution in [3.63, 3.8) is 0 Å².